The molecular weight excluding hydrogens is 370 g/mol. The number of esters is 1. The average molecular weight is 416 g/mol. The Morgan fingerprint density at radius 2 is 1.41 bits per heavy atom. The molecule has 0 fully saturated rings. The van der Waals surface area contributed by atoms with Gasteiger partial charge in [-0.25, -0.2) is 0 Å². The molecule has 6 heteroatoms. The van der Waals surface area contributed by atoms with Gasteiger partial charge in [-0.3, -0.25) is 4.79 Å². The smallest absolute Gasteiger partial charge is 0.306 e. The Balaban J connectivity index is 3.68. The van der Waals surface area contributed by atoms with Crippen molar-refractivity contribution in [2.24, 2.45) is 0 Å². The number of carboxylic acids is 1. The summed E-state index contributed by atoms with van der Waals surface area (Å²) in [5.74, 6) is -1.50. The number of carbonyl (C=O) groups is 2. The number of ether oxygens (including phenoxy) is 1. The molecule has 0 radical (unpaired) electrons. The van der Waals surface area contributed by atoms with Crippen LogP contribution in [-0.4, -0.2) is 61.4 Å². The van der Waals surface area contributed by atoms with Gasteiger partial charge in [0.05, 0.1) is 27.2 Å². The van der Waals surface area contributed by atoms with Gasteiger partial charge in [0.15, 0.2) is 6.10 Å². The van der Waals surface area contributed by atoms with E-state index in [0.29, 0.717) is 17.4 Å². The summed E-state index contributed by atoms with van der Waals surface area (Å²) < 4.78 is 5.89. The van der Waals surface area contributed by atoms with Gasteiger partial charge >= 0.3 is 5.97 Å². The molecule has 0 saturated heterocycles. The molecule has 0 aliphatic carbocycles. The van der Waals surface area contributed by atoms with Crippen molar-refractivity contribution in [1.29, 1.82) is 0 Å². The molecule has 0 bridgehead atoms. The van der Waals surface area contributed by atoms with Gasteiger partial charge in [0.25, 0.3) is 0 Å². The van der Waals surface area contributed by atoms with E-state index in [1.807, 2.05) is 21.1 Å². The number of rotatable bonds is 19. The van der Waals surface area contributed by atoms with Gasteiger partial charge in [0.1, 0.15) is 6.54 Å². The predicted molar refractivity (Wildman–Crippen MR) is 114 cm³/mol. The molecule has 172 valence electrons. The van der Waals surface area contributed by atoms with E-state index >= 15 is 0 Å². The van der Waals surface area contributed by atoms with E-state index < -0.39 is 12.1 Å². The Bertz CT molecular complexity index is 433. The SMILES string of the molecule is CCCCC(O)CCCCCCCCCCC(=O)OC(CC(=O)[O-])C[N+](C)(C)C. The highest BCUT2D eigenvalue weighted by atomic mass is 16.5. The summed E-state index contributed by atoms with van der Waals surface area (Å²) >= 11 is 0. The fourth-order valence-corrected chi connectivity index (χ4v) is 3.48. The summed E-state index contributed by atoms with van der Waals surface area (Å²) in [7, 11) is 5.81. The molecule has 0 heterocycles. The molecule has 0 aromatic carbocycles. The van der Waals surface area contributed by atoms with Crippen LogP contribution in [0, 0.1) is 0 Å². The predicted octanol–water partition coefficient (Wildman–Crippen LogP) is 3.20. The third-order valence-electron chi connectivity index (χ3n) is 5.00. The molecule has 0 rings (SSSR count). The summed E-state index contributed by atoms with van der Waals surface area (Å²) in [4.78, 5) is 22.8. The maximum Gasteiger partial charge on any atom is 0.306 e. The quantitative estimate of drug-likeness (QED) is 0.199. The van der Waals surface area contributed by atoms with Crippen molar-refractivity contribution in [1.82, 2.24) is 0 Å². The Labute approximate surface area is 178 Å². The first-order valence-electron chi connectivity index (χ1n) is 11.5. The van der Waals surface area contributed by atoms with E-state index in [9.17, 15) is 19.8 Å². The van der Waals surface area contributed by atoms with E-state index in [1.54, 1.807) is 0 Å². The van der Waals surface area contributed by atoms with E-state index in [2.05, 4.69) is 6.92 Å². The number of carbonyl (C=O) groups excluding carboxylic acids is 2. The van der Waals surface area contributed by atoms with Crippen LogP contribution in [0.1, 0.15) is 96.8 Å². The summed E-state index contributed by atoms with van der Waals surface area (Å²) in [6.45, 7) is 2.60. The molecule has 0 aliphatic rings. The highest BCUT2D eigenvalue weighted by molar-refractivity contribution is 5.70. The van der Waals surface area contributed by atoms with Crippen LogP contribution in [-0.2, 0) is 14.3 Å². The minimum absolute atomic E-state index is 0.122. The maximum absolute atomic E-state index is 12.0. The molecule has 0 spiro atoms. The lowest BCUT2D eigenvalue weighted by Crippen LogP contribution is -2.45. The van der Waals surface area contributed by atoms with Crippen LogP contribution in [0.5, 0.6) is 0 Å². The number of quaternary nitrogens is 1. The zero-order chi connectivity index (χ0) is 22.1. The zero-order valence-corrected chi connectivity index (χ0v) is 19.3. The van der Waals surface area contributed by atoms with Crippen molar-refractivity contribution in [3.8, 4) is 0 Å². The van der Waals surface area contributed by atoms with Crippen LogP contribution in [0.15, 0.2) is 0 Å². The van der Waals surface area contributed by atoms with Gasteiger partial charge in [-0.15, -0.1) is 0 Å². The number of hydrogen-bond donors (Lipinski definition) is 1. The van der Waals surface area contributed by atoms with Crippen molar-refractivity contribution < 1.29 is 29.0 Å². The first-order valence-corrected chi connectivity index (χ1v) is 11.5. The molecule has 0 aromatic rings. The van der Waals surface area contributed by atoms with Gasteiger partial charge < -0.3 is 24.2 Å². The van der Waals surface area contributed by atoms with Gasteiger partial charge in [-0.2, -0.15) is 0 Å². The van der Waals surface area contributed by atoms with Crippen molar-refractivity contribution in [3.63, 3.8) is 0 Å². The van der Waals surface area contributed by atoms with Crippen molar-refractivity contribution in [3.05, 3.63) is 0 Å². The Kier molecular flexibility index (Phi) is 16.0. The van der Waals surface area contributed by atoms with Crippen molar-refractivity contribution in [2.75, 3.05) is 27.7 Å². The highest BCUT2D eigenvalue weighted by Crippen LogP contribution is 2.14. The van der Waals surface area contributed by atoms with Crippen LogP contribution in [0.3, 0.4) is 0 Å². The normalized spacial score (nSPS) is 13.8. The number of carboxylic acid groups (broad SMARTS) is 1. The molecule has 0 saturated carbocycles. The van der Waals surface area contributed by atoms with E-state index in [1.165, 1.54) is 25.7 Å². The lowest BCUT2D eigenvalue weighted by Gasteiger charge is -2.29. The first kappa shape index (κ1) is 27.9. The molecule has 6 nitrogen and oxygen atoms in total. The van der Waals surface area contributed by atoms with E-state index in [4.69, 9.17) is 4.74 Å². The third kappa shape index (κ3) is 19.9. The largest absolute Gasteiger partial charge is 0.550 e. The van der Waals surface area contributed by atoms with E-state index in [0.717, 1.165) is 51.4 Å². The molecule has 0 aliphatic heterocycles. The van der Waals surface area contributed by atoms with Crippen molar-refractivity contribution in [2.45, 2.75) is 109 Å². The van der Waals surface area contributed by atoms with Crippen LogP contribution < -0.4 is 5.11 Å². The zero-order valence-electron chi connectivity index (χ0n) is 19.3. The van der Waals surface area contributed by atoms with E-state index in [-0.39, 0.29) is 18.5 Å². The second kappa shape index (κ2) is 16.6. The standard InChI is InChI=1S/C23H45NO5/c1-5-6-15-20(25)16-13-11-9-7-8-10-12-14-17-23(28)29-21(18-22(26)27)19-24(2,3)4/h20-21,25H,5-19H2,1-4H3. The van der Waals surface area contributed by atoms with Crippen LogP contribution in [0.2, 0.25) is 0 Å². The molecule has 0 aromatic heterocycles. The summed E-state index contributed by atoms with van der Waals surface area (Å²) in [6, 6.07) is 0. The number of likely N-dealkylation sites (N-methyl/N-ethyl adjacent to an activating group) is 1. The number of hydrogen-bond acceptors (Lipinski definition) is 5. The minimum atomic E-state index is -1.19. The summed E-state index contributed by atoms with van der Waals surface area (Å²) in [6.07, 6.45) is 12.2. The molecule has 2 unspecified atom stereocenters. The van der Waals surface area contributed by atoms with Gasteiger partial charge in [0.2, 0.25) is 0 Å². The molecule has 0 amide bonds. The van der Waals surface area contributed by atoms with Gasteiger partial charge in [-0.05, 0) is 19.3 Å². The van der Waals surface area contributed by atoms with Crippen LogP contribution >= 0.6 is 0 Å². The number of aliphatic hydroxyl groups excluding tert-OH is 1. The Hall–Kier alpha value is -1.14. The summed E-state index contributed by atoms with van der Waals surface area (Å²) in [5, 5.41) is 20.7. The van der Waals surface area contributed by atoms with Gasteiger partial charge in [0, 0.05) is 18.8 Å². The average Bonchev–Trinajstić information content (AvgIpc) is 2.59. The third-order valence-corrected chi connectivity index (χ3v) is 5.00. The molecule has 1 N–H and O–H groups in total. The molecular formula is C23H45NO5. The topological polar surface area (TPSA) is 86.7 Å². The monoisotopic (exact) mass is 415 g/mol. The number of aliphatic hydroxyl groups is 1. The maximum atomic E-state index is 12.0. The fraction of sp³-hybridized carbons (Fsp3) is 0.913. The number of aliphatic carboxylic acids is 1. The van der Waals surface area contributed by atoms with Crippen LogP contribution in [0.4, 0.5) is 0 Å². The second-order valence-corrected chi connectivity index (χ2v) is 9.32. The fourth-order valence-electron chi connectivity index (χ4n) is 3.48. The number of unbranched alkanes of at least 4 members (excludes halogenated alkanes) is 8. The van der Waals surface area contributed by atoms with Gasteiger partial charge in [-0.1, -0.05) is 64.7 Å². The first-order chi connectivity index (χ1) is 13.6. The van der Waals surface area contributed by atoms with Crippen LogP contribution in [0.25, 0.3) is 0 Å². The minimum Gasteiger partial charge on any atom is -0.550 e. The lowest BCUT2D eigenvalue weighted by molar-refractivity contribution is -0.873. The Morgan fingerprint density at radius 1 is 0.897 bits per heavy atom. The number of nitrogens with zero attached hydrogens (tertiary/aromatic N) is 1. The molecule has 2 atom stereocenters. The highest BCUT2D eigenvalue weighted by Gasteiger charge is 2.22. The summed E-state index contributed by atoms with van der Waals surface area (Å²) in [5.41, 5.74) is 0. The molecule has 29 heavy (non-hydrogen) atoms. The lowest BCUT2D eigenvalue weighted by atomic mass is 10.0. The van der Waals surface area contributed by atoms with Crippen molar-refractivity contribution >= 4 is 11.9 Å². The Morgan fingerprint density at radius 3 is 1.93 bits per heavy atom. The second-order valence-electron chi connectivity index (χ2n) is 9.32.